The van der Waals surface area contributed by atoms with E-state index >= 15 is 0 Å². The van der Waals surface area contributed by atoms with Crippen molar-refractivity contribution < 1.29 is 14.3 Å². The first-order chi connectivity index (χ1) is 12.1. The van der Waals surface area contributed by atoms with Crippen LogP contribution in [0.4, 0.5) is 0 Å². The molecule has 1 aliphatic carbocycles. The minimum Gasteiger partial charge on any atom is -0.438 e. The van der Waals surface area contributed by atoms with Crippen LogP contribution in [0.15, 0.2) is 42.6 Å². The lowest BCUT2D eigenvalue weighted by Gasteiger charge is -2.39. The van der Waals surface area contributed by atoms with Gasteiger partial charge in [-0.25, -0.2) is 4.98 Å². The number of carbonyl (C=O) groups is 1. The number of carbonyl (C=O) groups excluding carboxylic acids is 1. The normalized spacial score (nSPS) is 15.3. The van der Waals surface area contributed by atoms with Crippen molar-refractivity contribution >= 4 is 5.91 Å². The van der Waals surface area contributed by atoms with E-state index in [4.69, 9.17) is 9.47 Å². The number of hydrogen-bond acceptors (Lipinski definition) is 4. The van der Waals surface area contributed by atoms with E-state index in [-0.39, 0.29) is 11.3 Å². The number of pyridine rings is 1. The van der Waals surface area contributed by atoms with Gasteiger partial charge in [0.15, 0.2) is 0 Å². The summed E-state index contributed by atoms with van der Waals surface area (Å²) in [6, 6.07) is 11.6. The third-order valence-electron chi connectivity index (χ3n) is 4.80. The first-order valence-corrected chi connectivity index (χ1v) is 8.59. The third kappa shape index (κ3) is 3.82. The Morgan fingerprint density at radius 2 is 2.04 bits per heavy atom. The summed E-state index contributed by atoms with van der Waals surface area (Å²) in [5, 5.41) is 3.03. The number of nitrogens with zero attached hydrogens (tertiary/aromatic N) is 1. The number of para-hydroxylation sites is 1. The molecule has 1 fully saturated rings. The zero-order valence-electron chi connectivity index (χ0n) is 14.7. The molecule has 0 bridgehead atoms. The van der Waals surface area contributed by atoms with E-state index in [2.05, 4.69) is 10.3 Å². The fourth-order valence-electron chi connectivity index (χ4n) is 3.11. The predicted molar refractivity (Wildman–Crippen MR) is 95.5 cm³/mol. The van der Waals surface area contributed by atoms with Gasteiger partial charge in [0.1, 0.15) is 5.75 Å². The second-order valence-corrected chi connectivity index (χ2v) is 6.58. The summed E-state index contributed by atoms with van der Waals surface area (Å²) in [5.74, 6) is 1.33. The maximum Gasteiger partial charge on any atom is 0.228 e. The van der Waals surface area contributed by atoms with Gasteiger partial charge in [0, 0.05) is 25.4 Å². The molecule has 1 aromatic carbocycles. The first kappa shape index (κ1) is 17.4. The van der Waals surface area contributed by atoms with Gasteiger partial charge in [-0.15, -0.1) is 0 Å². The molecule has 132 valence electrons. The molecule has 1 saturated carbocycles. The number of methoxy groups -OCH3 is 1. The van der Waals surface area contributed by atoms with E-state index in [0.717, 1.165) is 36.1 Å². The lowest BCUT2D eigenvalue weighted by Crippen LogP contribution is -2.48. The Bertz CT molecular complexity index is 741. The standard InChI is InChI=1S/C20H24N2O3/c1-15-7-3-4-9-17(15)25-18-16(8-5-12-21-18)13-22-19(23)20(14-24-2)10-6-11-20/h3-5,7-9,12H,6,10-11,13-14H2,1-2H3,(H,22,23). The molecule has 0 radical (unpaired) electrons. The summed E-state index contributed by atoms with van der Waals surface area (Å²) in [7, 11) is 1.64. The van der Waals surface area contributed by atoms with Crippen LogP contribution in [0.2, 0.25) is 0 Å². The molecule has 0 spiro atoms. The second kappa shape index (κ2) is 7.66. The van der Waals surface area contributed by atoms with Crippen LogP contribution in [0.5, 0.6) is 11.6 Å². The van der Waals surface area contributed by atoms with Crippen LogP contribution in [0, 0.1) is 12.3 Å². The maximum absolute atomic E-state index is 12.6. The van der Waals surface area contributed by atoms with Crippen molar-refractivity contribution in [2.24, 2.45) is 5.41 Å². The SMILES string of the molecule is COCC1(C(=O)NCc2cccnc2Oc2ccccc2C)CCC1. The summed E-state index contributed by atoms with van der Waals surface area (Å²) in [6.45, 7) is 2.85. The zero-order chi connectivity index (χ0) is 17.7. The molecule has 1 aromatic heterocycles. The van der Waals surface area contributed by atoms with Crippen molar-refractivity contribution in [3.8, 4) is 11.6 Å². The largest absolute Gasteiger partial charge is 0.438 e. The molecular formula is C20H24N2O3. The zero-order valence-corrected chi connectivity index (χ0v) is 14.7. The molecule has 0 unspecified atom stereocenters. The molecule has 1 heterocycles. The summed E-state index contributed by atoms with van der Waals surface area (Å²) in [4.78, 5) is 16.9. The summed E-state index contributed by atoms with van der Waals surface area (Å²) < 4.78 is 11.2. The summed E-state index contributed by atoms with van der Waals surface area (Å²) >= 11 is 0. The minimum atomic E-state index is -0.367. The van der Waals surface area contributed by atoms with Crippen LogP contribution in [0.1, 0.15) is 30.4 Å². The van der Waals surface area contributed by atoms with Crippen molar-refractivity contribution in [1.82, 2.24) is 10.3 Å². The van der Waals surface area contributed by atoms with Crippen molar-refractivity contribution in [2.45, 2.75) is 32.7 Å². The van der Waals surface area contributed by atoms with E-state index < -0.39 is 0 Å². The van der Waals surface area contributed by atoms with Crippen molar-refractivity contribution in [3.63, 3.8) is 0 Å². The van der Waals surface area contributed by atoms with Crippen LogP contribution >= 0.6 is 0 Å². The van der Waals surface area contributed by atoms with E-state index in [1.807, 2.05) is 43.3 Å². The van der Waals surface area contributed by atoms with Crippen LogP contribution in [0.3, 0.4) is 0 Å². The van der Waals surface area contributed by atoms with Gasteiger partial charge in [-0.05, 0) is 37.5 Å². The average Bonchev–Trinajstić information content (AvgIpc) is 2.59. The molecule has 1 aliphatic rings. The van der Waals surface area contributed by atoms with Gasteiger partial charge >= 0.3 is 0 Å². The molecule has 1 amide bonds. The third-order valence-corrected chi connectivity index (χ3v) is 4.80. The van der Waals surface area contributed by atoms with Gasteiger partial charge in [0.05, 0.1) is 12.0 Å². The number of benzene rings is 1. The Kier molecular flexibility index (Phi) is 5.34. The number of ether oxygens (including phenoxy) is 2. The number of aryl methyl sites for hydroxylation is 1. The van der Waals surface area contributed by atoms with Gasteiger partial charge in [0.2, 0.25) is 11.8 Å². The summed E-state index contributed by atoms with van der Waals surface area (Å²) in [6.07, 6.45) is 4.53. The highest BCUT2D eigenvalue weighted by Gasteiger charge is 2.44. The molecule has 3 rings (SSSR count). The first-order valence-electron chi connectivity index (χ1n) is 8.59. The highest BCUT2D eigenvalue weighted by atomic mass is 16.5. The number of nitrogens with one attached hydrogen (secondary N) is 1. The van der Waals surface area contributed by atoms with Crippen LogP contribution in [-0.4, -0.2) is 24.6 Å². The van der Waals surface area contributed by atoms with E-state index in [1.54, 1.807) is 13.3 Å². The van der Waals surface area contributed by atoms with E-state index in [9.17, 15) is 4.79 Å². The lowest BCUT2D eigenvalue weighted by molar-refractivity contribution is -0.140. The van der Waals surface area contributed by atoms with Gasteiger partial charge < -0.3 is 14.8 Å². The van der Waals surface area contributed by atoms with Crippen LogP contribution in [-0.2, 0) is 16.1 Å². The maximum atomic E-state index is 12.6. The van der Waals surface area contributed by atoms with Crippen LogP contribution < -0.4 is 10.1 Å². The molecular weight excluding hydrogens is 316 g/mol. The number of hydrogen-bond donors (Lipinski definition) is 1. The Hall–Kier alpha value is -2.40. The number of aromatic nitrogens is 1. The molecule has 5 heteroatoms. The number of rotatable bonds is 7. The highest BCUT2D eigenvalue weighted by molar-refractivity contribution is 5.83. The fraction of sp³-hybridized carbons (Fsp3) is 0.400. The average molecular weight is 340 g/mol. The topological polar surface area (TPSA) is 60.5 Å². The minimum absolute atomic E-state index is 0.0475. The van der Waals surface area contributed by atoms with Crippen molar-refractivity contribution in [2.75, 3.05) is 13.7 Å². The van der Waals surface area contributed by atoms with Gasteiger partial charge in [0.25, 0.3) is 0 Å². The van der Waals surface area contributed by atoms with E-state index in [1.165, 1.54) is 0 Å². The van der Waals surface area contributed by atoms with Gasteiger partial charge in [-0.1, -0.05) is 30.7 Å². The molecule has 0 saturated heterocycles. The van der Waals surface area contributed by atoms with Crippen molar-refractivity contribution in [1.29, 1.82) is 0 Å². The molecule has 2 aromatic rings. The molecule has 0 aliphatic heterocycles. The van der Waals surface area contributed by atoms with Crippen LogP contribution in [0.25, 0.3) is 0 Å². The molecule has 0 atom stereocenters. The highest BCUT2D eigenvalue weighted by Crippen LogP contribution is 2.41. The Balaban J connectivity index is 1.69. The smallest absolute Gasteiger partial charge is 0.228 e. The summed E-state index contributed by atoms with van der Waals surface area (Å²) in [5.41, 5.74) is 1.52. The number of amides is 1. The monoisotopic (exact) mass is 340 g/mol. The fourth-order valence-corrected chi connectivity index (χ4v) is 3.11. The second-order valence-electron chi connectivity index (χ2n) is 6.58. The Labute approximate surface area is 148 Å². The van der Waals surface area contributed by atoms with Crippen molar-refractivity contribution in [3.05, 3.63) is 53.7 Å². The van der Waals surface area contributed by atoms with Gasteiger partial charge in [-0.2, -0.15) is 0 Å². The molecule has 25 heavy (non-hydrogen) atoms. The molecule has 1 N–H and O–H groups in total. The van der Waals surface area contributed by atoms with E-state index in [0.29, 0.717) is 19.0 Å². The lowest BCUT2D eigenvalue weighted by atomic mass is 9.68. The quantitative estimate of drug-likeness (QED) is 0.836. The molecule has 5 nitrogen and oxygen atoms in total. The predicted octanol–water partition coefficient (Wildman–Crippen LogP) is 3.62. The Morgan fingerprint density at radius 1 is 1.24 bits per heavy atom. The Morgan fingerprint density at radius 3 is 2.72 bits per heavy atom. The van der Waals surface area contributed by atoms with Gasteiger partial charge in [-0.3, -0.25) is 4.79 Å².